The Kier molecular flexibility index (Phi) is 5.04. The Balaban J connectivity index is 2.55. The molecule has 1 N–H and O–H groups in total. The summed E-state index contributed by atoms with van der Waals surface area (Å²) < 4.78 is 14.2. The highest BCUT2D eigenvalue weighted by atomic mass is 127. The molecule has 0 bridgehead atoms. The molecule has 0 saturated carbocycles. The average molecular weight is 404 g/mol. The van der Waals surface area contributed by atoms with Gasteiger partial charge in [0.15, 0.2) is 0 Å². The van der Waals surface area contributed by atoms with E-state index in [-0.39, 0.29) is 11.9 Å². The number of halogens is 3. The first-order chi connectivity index (χ1) is 9.43. The number of hydrogen-bond acceptors (Lipinski definition) is 1. The van der Waals surface area contributed by atoms with E-state index < -0.39 is 0 Å². The summed E-state index contributed by atoms with van der Waals surface area (Å²) in [4.78, 5) is 0. The zero-order chi connectivity index (χ0) is 14.9. The van der Waals surface area contributed by atoms with Crippen molar-refractivity contribution in [2.75, 3.05) is 7.05 Å². The lowest BCUT2D eigenvalue weighted by molar-refractivity contribution is 0.621. The predicted molar refractivity (Wildman–Crippen MR) is 90.9 cm³/mol. The van der Waals surface area contributed by atoms with Crippen molar-refractivity contribution >= 4 is 34.2 Å². The fourth-order valence-corrected chi connectivity index (χ4v) is 3.34. The van der Waals surface area contributed by atoms with Gasteiger partial charge in [-0.3, -0.25) is 0 Å². The molecule has 0 spiro atoms. The molecule has 20 heavy (non-hydrogen) atoms. The quantitative estimate of drug-likeness (QED) is 0.711. The molecular formula is C16H16ClFIN. The van der Waals surface area contributed by atoms with E-state index in [1.807, 2.05) is 33.0 Å². The lowest BCUT2D eigenvalue weighted by Crippen LogP contribution is -2.20. The number of benzene rings is 2. The van der Waals surface area contributed by atoms with Crippen LogP contribution in [0.15, 0.2) is 30.3 Å². The molecule has 1 atom stereocenters. The highest BCUT2D eigenvalue weighted by Gasteiger charge is 2.18. The van der Waals surface area contributed by atoms with E-state index in [4.69, 9.17) is 11.6 Å². The van der Waals surface area contributed by atoms with Crippen LogP contribution in [0.3, 0.4) is 0 Å². The molecule has 0 aliphatic heterocycles. The summed E-state index contributed by atoms with van der Waals surface area (Å²) >= 11 is 8.33. The highest BCUT2D eigenvalue weighted by molar-refractivity contribution is 14.1. The van der Waals surface area contributed by atoms with Crippen molar-refractivity contribution in [2.45, 2.75) is 19.9 Å². The van der Waals surface area contributed by atoms with Crippen LogP contribution in [-0.2, 0) is 0 Å². The molecule has 0 radical (unpaired) electrons. The molecule has 0 aromatic heterocycles. The zero-order valence-corrected chi connectivity index (χ0v) is 14.5. The van der Waals surface area contributed by atoms with Gasteiger partial charge < -0.3 is 5.32 Å². The first-order valence-corrected chi connectivity index (χ1v) is 7.78. The van der Waals surface area contributed by atoms with Gasteiger partial charge in [0.1, 0.15) is 5.82 Å². The van der Waals surface area contributed by atoms with E-state index in [1.165, 1.54) is 11.6 Å². The van der Waals surface area contributed by atoms with Crippen LogP contribution in [0.1, 0.15) is 28.3 Å². The largest absolute Gasteiger partial charge is 0.309 e. The van der Waals surface area contributed by atoms with E-state index in [9.17, 15) is 4.39 Å². The summed E-state index contributed by atoms with van der Waals surface area (Å²) in [5.41, 5.74) is 4.41. The fraction of sp³-hybridized carbons (Fsp3) is 0.250. The van der Waals surface area contributed by atoms with Crippen LogP contribution in [0.4, 0.5) is 4.39 Å². The van der Waals surface area contributed by atoms with Gasteiger partial charge >= 0.3 is 0 Å². The Morgan fingerprint density at radius 1 is 1.10 bits per heavy atom. The van der Waals surface area contributed by atoms with Crippen molar-refractivity contribution in [3.8, 4) is 0 Å². The molecule has 0 saturated heterocycles. The first kappa shape index (κ1) is 15.7. The monoisotopic (exact) mass is 403 g/mol. The van der Waals surface area contributed by atoms with Gasteiger partial charge in [-0.2, -0.15) is 0 Å². The third-order valence-corrected chi connectivity index (χ3v) is 4.76. The maximum Gasteiger partial charge on any atom is 0.124 e. The summed E-state index contributed by atoms with van der Waals surface area (Å²) in [5.74, 6) is -0.211. The second-order valence-electron chi connectivity index (χ2n) is 4.85. The van der Waals surface area contributed by atoms with Gasteiger partial charge in [0, 0.05) is 8.59 Å². The number of nitrogens with one attached hydrogen (secondary N) is 1. The number of rotatable bonds is 3. The Bertz CT molecular complexity index is 643. The van der Waals surface area contributed by atoms with Crippen LogP contribution in [0.25, 0.3) is 0 Å². The second kappa shape index (κ2) is 6.41. The third kappa shape index (κ3) is 3.15. The van der Waals surface area contributed by atoms with Gasteiger partial charge in [0.25, 0.3) is 0 Å². The molecule has 2 aromatic carbocycles. The van der Waals surface area contributed by atoms with Crippen molar-refractivity contribution in [2.24, 2.45) is 0 Å². The van der Waals surface area contributed by atoms with Crippen molar-refractivity contribution in [1.82, 2.24) is 5.32 Å². The van der Waals surface area contributed by atoms with E-state index in [1.54, 1.807) is 6.07 Å². The lowest BCUT2D eigenvalue weighted by Gasteiger charge is -2.22. The molecule has 0 aliphatic rings. The van der Waals surface area contributed by atoms with Crippen LogP contribution in [-0.4, -0.2) is 7.05 Å². The molecule has 1 nitrogen and oxygen atoms in total. The normalized spacial score (nSPS) is 12.5. The summed E-state index contributed by atoms with van der Waals surface area (Å²) in [6.45, 7) is 4.04. The molecule has 0 fully saturated rings. The van der Waals surface area contributed by atoms with Crippen LogP contribution >= 0.6 is 34.2 Å². The minimum Gasteiger partial charge on any atom is -0.309 e. The molecule has 2 aromatic rings. The van der Waals surface area contributed by atoms with E-state index in [0.717, 1.165) is 25.3 Å². The third-order valence-electron chi connectivity index (χ3n) is 3.42. The number of aryl methyl sites for hydroxylation is 2. The van der Waals surface area contributed by atoms with E-state index in [0.29, 0.717) is 0 Å². The van der Waals surface area contributed by atoms with Crippen LogP contribution in [0.2, 0.25) is 5.02 Å². The SMILES string of the molecule is CNC(c1cc(C)c(Cl)cc1C)c1ccc(F)cc1I. The minimum atomic E-state index is -0.211. The Labute approximate surface area is 137 Å². The molecule has 106 valence electrons. The van der Waals surface area contributed by atoms with Gasteiger partial charge in [-0.05, 0) is 83.9 Å². The van der Waals surface area contributed by atoms with Crippen molar-refractivity contribution in [1.29, 1.82) is 0 Å². The molecule has 1 unspecified atom stereocenters. The minimum absolute atomic E-state index is 0.0264. The smallest absolute Gasteiger partial charge is 0.124 e. The second-order valence-corrected chi connectivity index (χ2v) is 6.41. The van der Waals surface area contributed by atoms with E-state index >= 15 is 0 Å². The lowest BCUT2D eigenvalue weighted by atomic mass is 9.93. The van der Waals surface area contributed by atoms with Crippen LogP contribution < -0.4 is 5.32 Å². The van der Waals surface area contributed by atoms with E-state index in [2.05, 4.69) is 34.0 Å². The van der Waals surface area contributed by atoms with Crippen molar-refractivity contribution in [3.63, 3.8) is 0 Å². The maximum absolute atomic E-state index is 13.3. The van der Waals surface area contributed by atoms with Crippen LogP contribution in [0.5, 0.6) is 0 Å². The molecule has 0 amide bonds. The topological polar surface area (TPSA) is 12.0 Å². The summed E-state index contributed by atoms with van der Waals surface area (Å²) in [7, 11) is 1.91. The fourth-order valence-electron chi connectivity index (χ4n) is 2.33. The zero-order valence-electron chi connectivity index (χ0n) is 11.6. The van der Waals surface area contributed by atoms with Crippen LogP contribution in [0, 0.1) is 23.2 Å². The van der Waals surface area contributed by atoms with Gasteiger partial charge in [-0.25, -0.2) is 4.39 Å². The average Bonchev–Trinajstić information content (AvgIpc) is 2.38. The highest BCUT2D eigenvalue weighted by Crippen LogP contribution is 2.31. The summed E-state index contributed by atoms with van der Waals surface area (Å²) in [6, 6.07) is 8.99. The van der Waals surface area contributed by atoms with Crippen molar-refractivity contribution in [3.05, 3.63) is 67.0 Å². The molecule has 4 heteroatoms. The number of hydrogen-bond donors (Lipinski definition) is 1. The Morgan fingerprint density at radius 3 is 2.40 bits per heavy atom. The Morgan fingerprint density at radius 2 is 1.80 bits per heavy atom. The molecule has 2 rings (SSSR count). The maximum atomic E-state index is 13.3. The molecule has 0 aliphatic carbocycles. The van der Waals surface area contributed by atoms with Gasteiger partial charge in [0.05, 0.1) is 6.04 Å². The standard InChI is InChI=1S/C16H16ClFIN/c1-9-7-14(17)10(2)6-13(9)16(20-3)12-5-4-11(18)8-15(12)19/h4-8,16,20H,1-3H3. The predicted octanol–water partition coefficient (Wildman–Crippen LogP) is 5.01. The summed E-state index contributed by atoms with van der Waals surface area (Å²) in [6.07, 6.45) is 0. The first-order valence-electron chi connectivity index (χ1n) is 6.33. The molecule has 0 heterocycles. The Hall–Kier alpha value is -0.650. The van der Waals surface area contributed by atoms with Gasteiger partial charge in [-0.15, -0.1) is 0 Å². The summed E-state index contributed by atoms with van der Waals surface area (Å²) in [5, 5.41) is 4.09. The van der Waals surface area contributed by atoms with Crippen molar-refractivity contribution < 1.29 is 4.39 Å². The van der Waals surface area contributed by atoms with Gasteiger partial charge in [0.2, 0.25) is 0 Å². The van der Waals surface area contributed by atoms with Gasteiger partial charge in [-0.1, -0.05) is 23.7 Å². The molecular weight excluding hydrogens is 388 g/mol.